The molecule has 2 atom stereocenters. The molecule has 1 fully saturated rings. The third-order valence-electron chi connectivity index (χ3n) is 3.85. The molecule has 2 N–H and O–H groups in total. The molecule has 1 heterocycles. The summed E-state index contributed by atoms with van der Waals surface area (Å²) >= 11 is 3.41. The molecule has 0 aliphatic carbocycles. The van der Waals surface area contributed by atoms with Crippen LogP contribution in [-0.4, -0.2) is 26.8 Å². The fourth-order valence-corrected chi connectivity index (χ4v) is 4.44. The standard InChI is InChI=1S/C15H23BrN2O2S/c1-12(13-5-4-6-14(16)11-13)18-21(19,20)10-8-15-7-2-3-9-17-15/h4-6,11-12,15,17-18H,2-3,7-10H2,1H3. The SMILES string of the molecule is CC(NS(=O)(=O)CCC1CCCCN1)c1cccc(Br)c1. The van der Waals surface area contributed by atoms with Crippen LogP contribution < -0.4 is 10.0 Å². The lowest BCUT2D eigenvalue weighted by Gasteiger charge is -2.23. The van der Waals surface area contributed by atoms with Crippen LogP contribution in [0.2, 0.25) is 0 Å². The van der Waals surface area contributed by atoms with Gasteiger partial charge in [-0.15, -0.1) is 0 Å². The molecule has 21 heavy (non-hydrogen) atoms. The van der Waals surface area contributed by atoms with E-state index in [1.807, 2.05) is 31.2 Å². The van der Waals surface area contributed by atoms with Crippen molar-refractivity contribution >= 4 is 26.0 Å². The van der Waals surface area contributed by atoms with Crippen molar-refractivity contribution in [3.8, 4) is 0 Å². The van der Waals surface area contributed by atoms with Crippen molar-refractivity contribution in [3.63, 3.8) is 0 Å². The smallest absolute Gasteiger partial charge is 0.212 e. The zero-order valence-electron chi connectivity index (χ0n) is 12.3. The average Bonchev–Trinajstić information content (AvgIpc) is 2.46. The number of hydrogen-bond acceptors (Lipinski definition) is 3. The Labute approximate surface area is 135 Å². The average molecular weight is 375 g/mol. The first-order valence-corrected chi connectivity index (χ1v) is 9.90. The van der Waals surface area contributed by atoms with Gasteiger partial charge in [0.2, 0.25) is 10.0 Å². The summed E-state index contributed by atoms with van der Waals surface area (Å²) in [5.74, 6) is 0.184. The summed E-state index contributed by atoms with van der Waals surface area (Å²) in [5.41, 5.74) is 0.962. The van der Waals surface area contributed by atoms with Crippen molar-refractivity contribution in [3.05, 3.63) is 34.3 Å². The molecule has 6 heteroatoms. The molecule has 2 rings (SSSR count). The van der Waals surface area contributed by atoms with Gasteiger partial charge in [-0.1, -0.05) is 34.5 Å². The van der Waals surface area contributed by atoms with E-state index in [0.29, 0.717) is 12.5 Å². The molecule has 0 bridgehead atoms. The van der Waals surface area contributed by atoms with Crippen molar-refractivity contribution in [1.82, 2.24) is 10.0 Å². The fraction of sp³-hybridized carbons (Fsp3) is 0.600. The van der Waals surface area contributed by atoms with Crippen molar-refractivity contribution < 1.29 is 8.42 Å². The lowest BCUT2D eigenvalue weighted by atomic mass is 10.0. The van der Waals surface area contributed by atoms with Crippen molar-refractivity contribution in [2.24, 2.45) is 0 Å². The predicted octanol–water partition coefficient (Wildman–Crippen LogP) is 2.96. The normalized spacial score (nSPS) is 21.1. The van der Waals surface area contributed by atoms with Crippen LogP contribution in [0.15, 0.2) is 28.7 Å². The maximum Gasteiger partial charge on any atom is 0.212 e. The molecule has 1 aliphatic rings. The van der Waals surface area contributed by atoms with Gasteiger partial charge in [0.25, 0.3) is 0 Å². The topological polar surface area (TPSA) is 58.2 Å². The van der Waals surface area contributed by atoms with E-state index in [-0.39, 0.29) is 11.8 Å². The van der Waals surface area contributed by atoms with Gasteiger partial charge in [0.05, 0.1) is 5.75 Å². The van der Waals surface area contributed by atoms with E-state index in [1.165, 1.54) is 12.8 Å². The van der Waals surface area contributed by atoms with E-state index in [9.17, 15) is 8.42 Å². The molecule has 4 nitrogen and oxygen atoms in total. The first kappa shape index (κ1) is 16.9. The monoisotopic (exact) mass is 374 g/mol. The molecule has 0 saturated carbocycles. The number of halogens is 1. The predicted molar refractivity (Wildman–Crippen MR) is 89.7 cm³/mol. The first-order valence-electron chi connectivity index (χ1n) is 7.45. The Bertz CT molecular complexity index is 557. The zero-order valence-corrected chi connectivity index (χ0v) is 14.7. The Hall–Kier alpha value is -0.430. The summed E-state index contributed by atoms with van der Waals surface area (Å²) < 4.78 is 28.1. The second-order valence-corrected chi connectivity index (χ2v) is 8.44. The van der Waals surface area contributed by atoms with E-state index in [2.05, 4.69) is 26.0 Å². The van der Waals surface area contributed by atoms with Crippen LogP contribution >= 0.6 is 15.9 Å². The highest BCUT2D eigenvalue weighted by Gasteiger charge is 2.19. The second kappa shape index (κ2) is 7.72. The van der Waals surface area contributed by atoms with Crippen LogP contribution in [-0.2, 0) is 10.0 Å². The number of nitrogens with one attached hydrogen (secondary N) is 2. The molecule has 2 unspecified atom stereocenters. The van der Waals surface area contributed by atoms with E-state index in [1.54, 1.807) is 0 Å². The zero-order chi connectivity index (χ0) is 15.3. The maximum absolute atomic E-state index is 12.2. The molecule has 0 amide bonds. The summed E-state index contributed by atoms with van der Waals surface area (Å²) in [6.45, 7) is 2.88. The molecule has 118 valence electrons. The summed E-state index contributed by atoms with van der Waals surface area (Å²) in [7, 11) is -3.25. The lowest BCUT2D eigenvalue weighted by molar-refractivity contribution is 0.392. The molecule has 1 saturated heterocycles. The van der Waals surface area contributed by atoms with Gasteiger partial charge in [0, 0.05) is 16.6 Å². The number of hydrogen-bond donors (Lipinski definition) is 2. The summed E-state index contributed by atoms with van der Waals surface area (Å²) in [6.07, 6.45) is 4.15. The van der Waals surface area contributed by atoms with Crippen LogP contribution in [0.5, 0.6) is 0 Å². The number of rotatable bonds is 6. The van der Waals surface area contributed by atoms with E-state index in [4.69, 9.17) is 0 Å². The summed E-state index contributed by atoms with van der Waals surface area (Å²) in [6, 6.07) is 7.84. The van der Waals surface area contributed by atoms with Crippen LogP contribution in [0, 0.1) is 0 Å². The Kier molecular flexibility index (Phi) is 6.22. The number of benzene rings is 1. The van der Waals surface area contributed by atoms with Crippen LogP contribution in [0.25, 0.3) is 0 Å². The molecule has 1 aromatic rings. The molecule has 1 aliphatic heterocycles. The largest absolute Gasteiger partial charge is 0.314 e. The Morgan fingerprint density at radius 1 is 1.43 bits per heavy atom. The third kappa shape index (κ3) is 5.70. The van der Waals surface area contributed by atoms with Gasteiger partial charge in [0.1, 0.15) is 0 Å². The summed E-state index contributed by atoms with van der Waals surface area (Å²) in [5, 5.41) is 3.39. The van der Waals surface area contributed by atoms with Crippen LogP contribution in [0.1, 0.15) is 44.2 Å². The quantitative estimate of drug-likeness (QED) is 0.804. The van der Waals surface area contributed by atoms with Crippen molar-refractivity contribution in [1.29, 1.82) is 0 Å². The molecule has 0 radical (unpaired) electrons. The van der Waals surface area contributed by atoms with E-state index < -0.39 is 10.0 Å². The van der Waals surface area contributed by atoms with Gasteiger partial charge >= 0.3 is 0 Å². The Balaban J connectivity index is 1.87. The Morgan fingerprint density at radius 3 is 2.90 bits per heavy atom. The minimum atomic E-state index is -3.25. The maximum atomic E-state index is 12.2. The number of sulfonamides is 1. The van der Waals surface area contributed by atoms with Gasteiger partial charge in [-0.2, -0.15) is 0 Å². The van der Waals surface area contributed by atoms with Gasteiger partial charge in [-0.25, -0.2) is 13.1 Å². The molecular formula is C15H23BrN2O2S. The second-order valence-electron chi connectivity index (χ2n) is 5.65. The van der Waals surface area contributed by atoms with Gasteiger partial charge in [-0.05, 0) is 50.4 Å². The highest BCUT2D eigenvalue weighted by molar-refractivity contribution is 9.10. The Morgan fingerprint density at radius 2 is 2.24 bits per heavy atom. The first-order chi connectivity index (χ1) is 9.96. The fourth-order valence-electron chi connectivity index (χ4n) is 2.64. The third-order valence-corrected chi connectivity index (χ3v) is 5.83. The minimum Gasteiger partial charge on any atom is -0.314 e. The van der Waals surface area contributed by atoms with Crippen LogP contribution in [0.4, 0.5) is 0 Å². The molecule has 1 aromatic carbocycles. The highest BCUT2D eigenvalue weighted by atomic mass is 79.9. The van der Waals surface area contributed by atoms with E-state index in [0.717, 1.165) is 23.0 Å². The van der Waals surface area contributed by atoms with Crippen molar-refractivity contribution in [2.75, 3.05) is 12.3 Å². The molecule has 0 aromatic heterocycles. The van der Waals surface area contributed by atoms with Crippen LogP contribution in [0.3, 0.4) is 0 Å². The summed E-state index contributed by atoms with van der Waals surface area (Å²) in [4.78, 5) is 0. The van der Waals surface area contributed by atoms with Gasteiger partial charge in [0.15, 0.2) is 0 Å². The van der Waals surface area contributed by atoms with E-state index >= 15 is 0 Å². The minimum absolute atomic E-state index is 0.184. The lowest BCUT2D eigenvalue weighted by Crippen LogP contribution is -2.37. The number of piperidine rings is 1. The molecular weight excluding hydrogens is 352 g/mol. The van der Waals surface area contributed by atoms with Gasteiger partial charge < -0.3 is 5.32 Å². The van der Waals surface area contributed by atoms with Crippen molar-refractivity contribution in [2.45, 2.75) is 44.7 Å². The highest BCUT2D eigenvalue weighted by Crippen LogP contribution is 2.19. The van der Waals surface area contributed by atoms with Gasteiger partial charge in [-0.3, -0.25) is 0 Å². The molecule has 0 spiro atoms.